The van der Waals surface area contributed by atoms with Crippen LogP contribution >= 0.6 is 0 Å². The molecule has 0 aliphatic carbocycles. The van der Waals surface area contributed by atoms with E-state index in [0.29, 0.717) is 35.6 Å². The van der Waals surface area contributed by atoms with Gasteiger partial charge in [0.15, 0.2) is 0 Å². The number of benzene rings is 1. The fourth-order valence-electron chi connectivity index (χ4n) is 2.67. The minimum absolute atomic E-state index is 0.271. The first-order valence-corrected chi connectivity index (χ1v) is 8.55. The number of aromatic nitrogens is 2. The lowest BCUT2D eigenvalue weighted by atomic mass is 10.0. The van der Waals surface area contributed by atoms with E-state index in [2.05, 4.69) is 40.5 Å². The summed E-state index contributed by atoms with van der Waals surface area (Å²) in [7, 11) is 0. The Hall–Kier alpha value is -3.15. The summed E-state index contributed by atoms with van der Waals surface area (Å²) in [6.07, 6.45) is 1.57. The SMILES string of the molecule is Cc1nc(Nc2ccccc2C(C)C)cc(C(=O)NCc2ccco2)n1. The van der Waals surface area contributed by atoms with Crippen molar-refractivity contribution in [3.63, 3.8) is 0 Å². The highest BCUT2D eigenvalue weighted by Gasteiger charge is 2.12. The van der Waals surface area contributed by atoms with Crippen LogP contribution in [0, 0.1) is 6.92 Å². The molecule has 6 nitrogen and oxygen atoms in total. The topological polar surface area (TPSA) is 80.0 Å². The van der Waals surface area contributed by atoms with Crippen LogP contribution in [-0.2, 0) is 6.54 Å². The van der Waals surface area contributed by atoms with Gasteiger partial charge in [-0.2, -0.15) is 0 Å². The Balaban J connectivity index is 1.78. The highest BCUT2D eigenvalue weighted by molar-refractivity contribution is 5.93. The molecule has 0 aliphatic rings. The predicted molar refractivity (Wildman–Crippen MR) is 100 cm³/mol. The van der Waals surface area contributed by atoms with E-state index >= 15 is 0 Å². The molecule has 0 saturated heterocycles. The molecule has 0 radical (unpaired) electrons. The molecule has 0 bridgehead atoms. The van der Waals surface area contributed by atoms with E-state index < -0.39 is 0 Å². The first-order chi connectivity index (χ1) is 12.5. The molecular formula is C20H22N4O2. The second kappa shape index (κ2) is 7.82. The molecule has 6 heteroatoms. The van der Waals surface area contributed by atoms with E-state index in [0.717, 1.165) is 5.69 Å². The molecule has 0 aliphatic heterocycles. The number of para-hydroxylation sites is 1. The van der Waals surface area contributed by atoms with Crippen LogP contribution < -0.4 is 10.6 Å². The minimum Gasteiger partial charge on any atom is -0.467 e. The van der Waals surface area contributed by atoms with Crippen LogP contribution in [0.5, 0.6) is 0 Å². The number of anilines is 2. The lowest BCUT2D eigenvalue weighted by molar-refractivity contribution is 0.0942. The number of nitrogens with zero attached hydrogens (tertiary/aromatic N) is 2. The van der Waals surface area contributed by atoms with Gasteiger partial charge in [0, 0.05) is 11.8 Å². The Bertz CT molecular complexity index is 889. The van der Waals surface area contributed by atoms with Crippen LogP contribution in [-0.4, -0.2) is 15.9 Å². The standard InChI is InChI=1S/C20H22N4O2/c1-13(2)16-8-4-5-9-17(16)24-19-11-18(22-14(3)23-19)20(25)21-12-15-7-6-10-26-15/h4-11,13H,12H2,1-3H3,(H,21,25)(H,22,23,24). The van der Waals surface area contributed by atoms with Crippen LogP contribution in [0.1, 0.15) is 47.4 Å². The van der Waals surface area contributed by atoms with Crippen molar-refractivity contribution in [2.45, 2.75) is 33.2 Å². The van der Waals surface area contributed by atoms with Gasteiger partial charge >= 0.3 is 0 Å². The maximum Gasteiger partial charge on any atom is 0.270 e. The Morgan fingerprint density at radius 1 is 1.15 bits per heavy atom. The highest BCUT2D eigenvalue weighted by atomic mass is 16.3. The maximum atomic E-state index is 12.4. The molecule has 0 fully saturated rings. The number of nitrogens with one attached hydrogen (secondary N) is 2. The second-order valence-corrected chi connectivity index (χ2v) is 6.31. The zero-order valence-electron chi connectivity index (χ0n) is 15.1. The monoisotopic (exact) mass is 350 g/mol. The Morgan fingerprint density at radius 2 is 1.96 bits per heavy atom. The van der Waals surface area contributed by atoms with Gasteiger partial charge < -0.3 is 15.1 Å². The Kier molecular flexibility index (Phi) is 5.31. The van der Waals surface area contributed by atoms with Gasteiger partial charge in [-0.1, -0.05) is 32.0 Å². The first-order valence-electron chi connectivity index (χ1n) is 8.55. The third-order valence-corrected chi connectivity index (χ3v) is 3.92. The van der Waals surface area contributed by atoms with E-state index in [-0.39, 0.29) is 5.91 Å². The molecule has 3 rings (SSSR count). The molecule has 2 heterocycles. The van der Waals surface area contributed by atoms with E-state index in [9.17, 15) is 4.79 Å². The van der Waals surface area contributed by atoms with Crippen molar-refractivity contribution in [1.82, 2.24) is 15.3 Å². The third-order valence-electron chi connectivity index (χ3n) is 3.92. The average Bonchev–Trinajstić information content (AvgIpc) is 3.13. The summed E-state index contributed by atoms with van der Waals surface area (Å²) in [4.78, 5) is 21.0. The van der Waals surface area contributed by atoms with Gasteiger partial charge in [0.25, 0.3) is 5.91 Å². The third kappa shape index (κ3) is 4.27. The summed E-state index contributed by atoms with van der Waals surface area (Å²) in [6, 6.07) is 13.3. The summed E-state index contributed by atoms with van der Waals surface area (Å²) in [5.41, 5.74) is 2.48. The van der Waals surface area contributed by atoms with Crippen LogP contribution in [0.3, 0.4) is 0 Å². The van der Waals surface area contributed by atoms with E-state index in [1.54, 1.807) is 31.4 Å². The number of carbonyl (C=O) groups is 1. The number of hydrogen-bond donors (Lipinski definition) is 2. The predicted octanol–water partition coefficient (Wildman–Crippen LogP) is 4.18. The maximum absolute atomic E-state index is 12.4. The number of aryl methyl sites for hydroxylation is 1. The van der Waals surface area contributed by atoms with Gasteiger partial charge in [-0.15, -0.1) is 0 Å². The lowest BCUT2D eigenvalue weighted by Crippen LogP contribution is -2.24. The molecular weight excluding hydrogens is 328 g/mol. The van der Waals surface area contributed by atoms with Gasteiger partial charge in [-0.05, 0) is 36.6 Å². The number of hydrogen-bond acceptors (Lipinski definition) is 5. The normalized spacial score (nSPS) is 10.8. The van der Waals surface area contributed by atoms with E-state index in [1.165, 1.54) is 5.56 Å². The lowest BCUT2D eigenvalue weighted by Gasteiger charge is -2.14. The molecule has 134 valence electrons. The second-order valence-electron chi connectivity index (χ2n) is 6.31. The quantitative estimate of drug-likeness (QED) is 0.697. The van der Waals surface area contributed by atoms with Crippen LogP contribution in [0.15, 0.2) is 53.1 Å². The minimum atomic E-state index is -0.271. The summed E-state index contributed by atoms with van der Waals surface area (Å²) >= 11 is 0. The van der Waals surface area contributed by atoms with E-state index in [1.807, 2.05) is 18.2 Å². The van der Waals surface area contributed by atoms with Gasteiger partial charge in [0.2, 0.25) is 0 Å². The van der Waals surface area contributed by atoms with Crippen molar-refractivity contribution < 1.29 is 9.21 Å². The average molecular weight is 350 g/mol. The van der Waals surface area contributed by atoms with Crippen LogP contribution in [0.25, 0.3) is 0 Å². The molecule has 0 atom stereocenters. The number of carbonyl (C=O) groups excluding carboxylic acids is 1. The largest absolute Gasteiger partial charge is 0.467 e. The van der Waals surface area contributed by atoms with Crippen molar-refractivity contribution in [1.29, 1.82) is 0 Å². The fraction of sp³-hybridized carbons (Fsp3) is 0.250. The Morgan fingerprint density at radius 3 is 2.69 bits per heavy atom. The molecule has 26 heavy (non-hydrogen) atoms. The fourth-order valence-corrected chi connectivity index (χ4v) is 2.67. The molecule has 2 aromatic heterocycles. The van der Waals surface area contributed by atoms with Gasteiger partial charge in [0.1, 0.15) is 23.1 Å². The molecule has 2 N–H and O–H groups in total. The van der Waals surface area contributed by atoms with Crippen LogP contribution in [0.4, 0.5) is 11.5 Å². The summed E-state index contributed by atoms with van der Waals surface area (Å²) in [6.45, 7) is 6.36. The number of rotatable bonds is 6. The first kappa shape index (κ1) is 17.7. The molecule has 3 aromatic rings. The van der Waals surface area contributed by atoms with Crippen molar-refractivity contribution in [3.05, 3.63) is 71.6 Å². The number of furan rings is 1. The number of amides is 1. The zero-order chi connectivity index (χ0) is 18.5. The molecule has 1 amide bonds. The summed E-state index contributed by atoms with van der Waals surface area (Å²) in [5.74, 6) is 1.91. The van der Waals surface area contributed by atoms with Gasteiger partial charge in [0.05, 0.1) is 12.8 Å². The van der Waals surface area contributed by atoms with Crippen molar-refractivity contribution in [3.8, 4) is 0 Å². The molecule has 0 unspecified atom stereocenters. The zero-order valence-corrected chi connectivity index (χ0v) is 15.1. The molecule has 0 saturated carbocycles. The molecule has 0 spiro atoms. The van der Waals surface area contributed by atoms with Gasteiger partial charge in [-0.25, -0.2) is 9.97 Å². The summed E-state index contributed by atoms with van der Waals surface area (Å²) < 4.78 is 5.22. The van der Waals surface area contributed by atoms with E-state index in [4.69, 9.17) is 4.42 Å². The smallest absolute Gasteiger partial charge is 0.270 e. The summed E-state index contributed by atoms with van der Waals surface area (Å²) in [5, 5.41) is 6.11. The van der Waals surface area contributed by atoms with Crippen molar-refractivity contribution in [2.75, 3.05) is 5.32 Å². The Labute approximate surface area is 152 Å². The van der Waals surface area contributed by atoms with Crippen LogP contribution in [0.2, 0.25) is 0 Å². The van der Waals surface area contributed by atoms with Crippen molar-refractivity contribution in [2.24, 2.45) is 0 Å². The van der Waals surface area contributed by atoms with Crippen molar-refractivity contribution >= 4 is 17.4 Å². The highest BCUT2D eigenvalue weighted by Crippen LogP contribution is 2.26. The molecule has 1 aromatic carbocycles. The van der Waals surface area contributed by atoms with Gasteiger partial charge in [-0.3, -0.25) is 4.79 Å².